The molecule has 5 nitrogen and oxygen atoms in total. The summed E-state index contributed by atoms with van der Waals surface area (Å²) in [5, 5.41) is 5.36. The number of amides is 1. The maximum Gasteiger partial charge on any atom is 0.258 e. The fourth-order valence-corrected chi connectivity index (χ4v) is 1.98. The summed E-state index contributed by atoms with van der Waals surface area (Å²) in [4.78, 5) is 20.3. The second-order valence-electron chi connectivity index (χ2n) is 3.20. The highest BCUT2D eigenvalue weighted by molar-refractivity contribution is 7.16. The minimum atomic E-state index is -0.202. The van der Waals surface area contributed by atoms with Crippen LogP contribution in [0.25, 0.3) is 10.2 Å². The van der Waals surface area contributed by atoms with E-state index in [0.29, 0.717) is 12.4 Å². The molecule has 2 rings (SSSR count). The van der Waals surface area contributed by atoms with Crippen molar-refractivity contribution in [2.45, 2.75) is 0 Å². The molecule has 0 bridgehead atoms. The lowest BCUT2D eigenvalue weighted by Crippen LogP contribution is -2.28. The van der Waals surface area contributed by atoms with E-state index in [1.54, 1.807) is 6.08 Å². The molecule has 0 spiro atoms. The fourth-order valence-electron chi connectivity index (χ4n) is 1.25. The monoisotopic (exact) mass is 249 g/mol. The smallest absolute Gasteiger partial charge is 0.258 e. The molecule has 6 heteroatoms. The number of fused-ring (bicyclic) bond motifs is 1. The van der Waals surface area contributed by atoms with E-state index in [1.165, 1.54) is 17.7 Å². The number of hydrogen-bond acceptors (Lipinski definition) is 5. The zero-order valence-corrected chi connectivity index (χ0v) is 9.87. The molecule has 0 aliphatic rings. The minimum Gasteiger partial charge on any atom is -0.467 e. The van der Waals surface area contributed by atoms with Gasteiger partial charge < -0.3 is 10.1 Å². The first-order valence-electron chi connectivity index (χ1n) is 5.00. The lowest BCUT2D eigenvalue weighted by molar-refractivity contribution is -0.122. The molecule has 0 aliphatic carbocycles. The lowest BCUT2D eigenvalue weighted by Gasteiger charge is -2.05. The average Bonchev–Trinajstić information content (AvgIpc) is 2.82. The zero-order valence-electron chi connectivity index (χ0n) is 9.05. The van der Waals surface area contributed by atoms with Gasteiger partial charge in [-0.3, -0.25) is 4.79 Å². The van der Waals surface area contributed by atoms with Crippen molar-refractivity contribution in [2.24, 2.45) is 0 Å². The maximum absolute atomic E-state index is 11.3. The van der Waals surface area contributed by atoms with Crippen LogP contribution < -0.4 is 10.1 Å². The molecular weight excluding hydrogens is 238 g/mol. The number of carbonyl (C=O) groups excluding carboxylic acids is 1. The van der Waals surface area contributed by atoms with Crippen molar-refractivity contribution >= 4 is 27.5 Å². The first-order valence-corrected chi connectivity index (χ1v) is 5.88. The number of nitrogens with zero attached hydrogens (tertiary/aromatic N) is 2. The van der Waals surface area contributed by atoms with Gasteiger partial charge in [0, 0.05) is 6.54 Å². The Morgan fingerprint density at radius 3 is 3.29 bits per heavy atom. The van der Waals surface area contributed by atoms with Gasteiger partial charge in [-0.1, -0.05) is 6.08 Å². The summed E-state index contributed by atoms with van der Waals surface area (Å²) in [5.74, 6) is 0.233. The number of aromatic nitrogens is 2. The van der Waals surface area contributed by atoms with Crippen molar-refractivity contribution < 1.29 is 9.53 Å². The second-order valence-corrected chi connectivity index (χ2v) is 4.09. The van der Waals surface area contributed by atoms with E-state index >= 15 is 0 Å². The normalized spacial score (nSPS) is 10.1. The summed E-state index contributed by atoms with van der Waals surface area (Å²) in [5.41, 5.74) is 0. The van der Waals surface area contributed by atoms with Crippen molar-refractivity contribution in [3.8, 4) is 5.88 Å². The van der Waals surface area contributed by atoms with Gasteiger partial charge >= 0.3 is 0 Å². The molecule has 0 radical (unpaired) electrons. The highest BCUT2D eigenvalue weighted by Gasteiger charge is 2.07. The summed E-state index contributed by atoms with van der Waals surface area (Å²) in [6, 6.07) is 1.87. The van der Waals surface area contributed by atoms with Crippen molar-refractivity contribution in [1.82, 2.24) is 15.3 Å². The van der Waals surface area contributed by atoms with Crippen molar-refractivity contribution in [3.63, 3.8) is 0 Å². The zero-order chi connectivity index (χ0) is 12.1. The van der Waals surface area contributed by atoms with Gasteiger partial charge in [0.05, 0.1) is 5.39 Å². The summed E-state index contributed by atoms with van der Waals surface area (Å²) < 4.78 is 5.35. The Bertz CT molecular complexity index is 538. The molecule has 0 saturated carbocycles. The topological polar surface area (TPSA) is 64.1 Å². The Kier molecular flexibility index (Phi) is 3.66. The Morgan fingerprint density at radius 2 is 2.47 bits per heavy atom. The molecule has 1 N–H and O–H groups in total. The third-order valence-corrected chi connectivity index (χ3v) is 2.83. The standard InChI is InChI=1S/C11H11N3O2S/c1-2-4-12-9(15)6-16-10-8-3-5-17-11(8)14-7-13-10/h2-3,5,7H,1,4,6H2,(H,12,15). The first kappa shape index (κ1) is 11.5. The van der Waals surface area contributed by atoms with Gasteiger partial charge in [-0.2, -0.15) is 0 Å². The molecule has 0 atom stereocenters. The molecule has 0 fully saturated rings. The molecule has 0 unspecified atom stereocenters. The van der Waals surface area contributed by atoms with Crippen LogP contribution in [0, 0.1) is 0 Å². The van der Waals surface area contributed by atoms with E-state index in [2.05, 4.69) is 21.9 Å². The van der Waals surface area contributed by atoms with E-state index < -0.39 is 0 Å². The van der Waals surface area contributed by atoms with Crippen LogP contribution >= 0.6 is 11.3 Å². The minimum absolute atomic E-state index is 0.0597. The van der Waals surface area contributed by atoms with Crippen LogP contribution in [-0.2, 0) is 4.79 Å². The summed E-state index contributed by atoms with van der Waals surface area (Å²) in [7, 11) is 0. The maximum atomic E-state index is 11.3. The number of rotatable bonds is 5. The van der Waals surface area contributed by atoms with Crippen LogP contribution in [0.15, 0.2) is 30.4 Å². The highest BCUT2D eigenvalue weighted by Crippen LogP contribution is 2.25. The number of ether oxygens (including phenoxy) is 1. The molecule has 0 aliphatic heterocycles. The van der Waals surface area contributed by atoms with Crippen molar-refractivity contribution in [1.29, 1.82) is 0 Å². The molecule has 0 saturated heterocycles. The predicted molar refractivity (Wildman–Crippen MR) is 66.1 cm³/mol. The molecule has 2 aromatic heterocycles. The Morgan fingerprint density at radius 1 is 1.59 bits per heavy atom. The van der Waals surface area contributed by atoms with Gasteiger partial charge in [-0.25, -0.2) is 9.97 Å². The number of carbonyl (C=O) groups is 1. The largest absolute Gasteiger partial charge is 0.467 e. The van der Waals surface area contributed by atoms with E-state index in [-0.39, 0.29) is 12.5 Å². The highest BCUT2D eigenvalue weighted by atomic mass is 32.1. The Hall–Kier alpha value is -1.95. The van der Waals surface area contributed by atoms with Gasteiger partial charge in [-0.15, -0.1) is 17.9 Å². The predicted octanol–water partition coefficient (Wildman–Crippen LogP) is 1.37. The van der Waals surface area contributed by atoms with Crippen LogP contribution in [0.4, 0.5) is 0 Å². The van der Waals surface area contributed by atoms with Crippen LogP contribution in [0.1, 0.15) is 0 Å². The van der Waals surface area contributed by atoms with E-state index in [0.717, 1.165) is 10.2 Å². The lowest BCUT2D eigenvalue weighted by atomic mass is 10.4. The molecule has 1 amide bonds. The van der Waals surface area contributed by atoms with Crippen LogP contribution in [0.3, 0.4) is 0 Å². The van der Waals surface area contributed by atoms with Gasteiger partial charge in [0.1, 0.15) is 11.2 Å². The van der Waals surface area contributed by atoms with Crippen molar-refractivity contribution in [3.05, 3.63) is 30.4 Å². The van der Waals surface area contributed by atoms with Crippen LogP contribution in [-0.4, -0.2) is 29.0 Å². The average molecular weight is 249 g/mol. The van der Waals surface area contributed by atoms with Gasteiger partial charge in [-0.05, 0) is 11.4 Å². The van der Waals surface area contributed by atoms with Crippen molar-refractivity contribution in [2.75, 3.05) is 13.2 Å². The van der Waals surface area contributed by atoms with Crippen LogP contribution in [0.2, 0.25) is 0 Å². The molecule has 17 heavy (non-hydrogen) atoms. The molecule has 0 aromatic carbocycles. The van der Waals surface area contributed by atoms with E-state index in [1.807, 2.05) is 11.4 Å². The van der Waals surface area contributed by atoms with Gasteiger partial charge in [0.15, 0.2) is 6.61 Å². The number of thiophene rings is 1. The Labute approximate surface area is 102 Å². The molecule has 88 valence electrons. The summed E-state index contributed by atoms with van der Waals surface area (Å²) in [6.07, 6.45) is 3.04. The third kappa shape index (κ3) is 2.79. The number of nitrogens with one attached hydrogen (secondary N) is 1. The van der Waals surface area contributed by atoms with Gasteiger partial charge in [0.25, 0.3) is 5.91 Å². The quantitative estimate of drug-likeness (QED) is 0.813. The molecule has 2 aromatic rings. The number of hydrogen-bond donors (Lipinski definition) is 1. The molecule has 2 heterocycles. The van der Waals surface area contributed by atoms with E-state index in [4.69, 9.17) is 4.74 Å². The van der Waals surface area contributed by atoms with Crippen LogP contribution in [0.5, 0.6) is 5.88 Å². The second kappa shape index (κ2) is 5.40. The fraction of sp³-hybridized carbons (Fsp3) is 0.182. The van der Waals surface area contributed by atoms with E-state index in [9.17, 15) is 4.79 Å². The third-order valence-electron chi connectivity index (χ3n) is 2.01. The summed E-state index contributed by atoms with van der Waals surface area (Å²) in [6.45, 7) is 3.88. The Balaban J connectivity index is 2.01. The summed E-state index contributed by atoms with van der Waals surface area (Å²) >= 11 is 1.50. The van der Waals surface area contributed by atoms with Gasteiger partial charge in [0.2, 0.25) is 5.88 Å². The SMILES string of the molecule is C=CCNC(=O)COc1ncnc2sccc12. The molecular formula is C11H11N3O2S. The first-order chi connectivity index (χ1) is 8.31.